The molecule has 17 heavy (non-hydrogen) atoms. The summed E-state index contributed by atoms with van der Waals surface area (Å²) in [5.41, 5.74) is 0.725. The number of amides is 1. The molecular formula is C11H13IN2O3. The van der Waals surface area contributed by atoms with Crippen molar-refractivity contribution in [3.05, 3.63) is 27.8 Å². The summed E-state index contributed by atoms with van der Waals surface area (Å²) in [4.78, 5) is 22.1. The van der Waals surface area contributed by atoms with Crippen LogP contribution in [0.5, 0.6) is 0 Å². The number of para-hydroxylation sites is 1. The number of benzene rings is 1. The third kappa shape index (κ3) is 4.70. The highest BCUT2D eigenvalue weighted by Crippen LogP contribution is 2.16. The van der Waals surface area contributed by atoms with Crippen LogP contribution in [-0.2, 0) is 9.59 Å². The minimum Gasteiger partial charge on any atom is -0.480 e. The van der Waals surface area contributed by atoms with Crippen LogP contribution in [0.1, 0.15) is 6.92 Å². The molecule has 3 N–H and O–H groups in total. The first-order valence-electron chi connectivity index (χ1n) is 5.01. The summed E-state index contributed by atoms with van der Waals surface area (Å²) in [6, 6.07) is 6.63. The summed E-state index contributed by atoms with van der Waals surface area (Å²) in [7, 11) is 0. The standard InChI is InChI=1S/C11H13IN2O3/c1-7(11(16)17)13-6-10(15)14-9-5-3-2-4-8(9)12/h2-5,7,13H,6H2,1H3,(H,14,15)(H,16,17)/t7-/m1/s1. The maximum absolute atomic E-state index is 11.5. The lowest BCUT2D eigenvalue weighted by molar-refractivity contribution is -0.139. The second kappa shape index (κ2) is 6.55. The van der Waals surface area contributed by atoms with Crippen LogP contribution in [0, 0.1) is 3.57 Å². The Morgan fingerprint density at radius 2 is 2.06 bits per heavy atom. The topological polar surface area (TPSA) is 78.4 Å². The Morgan fingerprint density at radius 3 is 2.65 bits per heavy atom. The van der Waals surface area contributed by atoms with Crippen molar-refractivity contribution >= 4 is 40.2 Å². The average molecular weight is 348 g/mol. The Hall–Kier alpha value is -1.15. The zero-order chi connectivity index (χ0) is 12.8. The number of nitrogens with one attached hydrogen (secondary N) is 2. The van der Waals surface area contributed by atoms with Gasteiger partial charge in [-0.3, -0.25) is 14.9 Å². The van der Waals surface area contributed by atoms with Crippen molar-refractivity contribution in [1.29, 1.82) is 0 Å². The van der Waals surface area contributed by atoms with Crippen molar-refractivity contribution in [3.63, 3.8) is 0 Å². The zero-order valence-electron chi connectivity index (χ0n) is 9.24. The van der Waals surface area contributed by atoms with Gasteiger partial charge in [0.15, 0.2) is 0 Å². The fourth-order valence-electron chi connectivity index (χ4n) is 1.09. The molecule has 0 aliphatic rings. The van der Waals surface area contributed by atoms with E-state index >= 15 is 0 Å². The number of carbonyl (C=O) groups excluding carboxylic acids is 1. The van der Waals surface area contributed by atoms with Crippen LogP contribution in [0.15, 0.2) is 24.3 Å². The van der Waals surface area contributed by atoms with Crippen LogP contribution in [0.2, 0.25) is 0 Å². The summed E-state index contributed by atoms with van der Waals surface area (Å²) < 4.78 is 0.935. The highest BCUT2D eigenvalue weighted by Gasteiger charge is 2.12. The number of halogens is 1. The Balaban J connectivity index is 2.46. The van der Waals surface area contributed by atoms with Gasteiger partial charge in [0.25, 0.3) is 0 Å². The molecule has 0 aliphatic heterocycles. The predicted molar refractivity (Wildman–Crippen MR) is 72.9 cm³/mol. The second-order valence-electron chi connectivity index (χ2n) is 3.47. The number of aliphatic carboxylic acids is 1. The van der Waals surface area contributed by atoms with Crippen molar-refractivity contribution in [2.75, 3.05) is 11.9 Å². The van der Waals surface area contributed by atoms with E-state index in [1.54, 1.807) is 6.07 Å². The number of hydrogen-bond donors (Lipinski definition) is 3. The van der Waals surface area contributed by atoms with Crippen molar-refractivity contribution in [3.8, 4) is 0 Å². The van der Waals surface area contributed by atoms with Gasteiger partial charge in [-0.1, -0.05) is 12.1 Å². The maximum Gasteiger partial charge on any atom is 0.320 e. The van der Waals surface area contributed by atoms with E-state index in [2.05, 4.69) is 33.2 Å². The number of carbonyl (C=O) groups is 2. The second-order valence-corrected chi connectivity index (χ2v) is 4.63. The van der Waals surface area contributed by atoms with Crippen LogP contribution in [-0.4, -0.2) is 29.6 Å². The fraction of sp³-hybridized carbons (Fsp3) is 0.273. The first-order valence-corrected chi connectivity index (χ1v) is 6.09. The van der Waals surface area contributed by atoms with Crippen LogP contribution < -0.4 is 10.6 Å². The maximum atomic E-state index is 11.5. The third-order valence-electron chi connectivity index (χ3n) is 2.09. The summed E-state index contributed by atoms with van der Waals surface area (Å²) >= 11 is 2.12. The lowest BCUT2D eigenvalue weighted by Crippen LogP contribution is -2.39. The Morgan fingerprint density at radius 1 is 1.41 bits per heavy atom. The normalized spacial score (nSPS) is 11.9. The summed E-state index contributed by atoms with van der Waals surface area (Å²) in [6.45, 7) is 1.46. The molecule has 0 radical (unpaired) electrons. The van der Waals surface area contributed by atoms with Crippen molar-refractivity contribution < 1.29 is 14.7 Å². The molecule has 1 rings (SSSR count). The Labute approximate surface area is 113 Å². The Kier molecular flexibility index (Phi) is 5.36. The lowest BCUT2D eigenvalue weighted by atomic mass is 10.3. The summed E-state index contributed by atoms with van der Waals surface area (Å²) in [5, 5.41) is 13.9. The molecule has 0 unspecified atom stereocenters. The molecule has 0 bridgehead atoms. The van der Waals surface area contributed by atoms with Crippen LogP contribution in [0.4, 0.5) is 5.69 Å². The minimum absolute atomic E-state index is 0.0293. The SMILES string of the molecule is C[C@@H](NCC(=O)Nc1ccccc1I)C(=O)O. The van der Waals surface area contributed by atoms with E-state index < -0.39 is 12.0 Å². The number of carboxylic acid groups (broad SMARTS) is 1. The smallest absolute Gasteiger partial charge is 0.320 e. The third-order valence-corrected chi connectivity index (χ3v) is 3.03. The van der Waals surface area contributed by atoms with Crippen LogP contribution in [0.25, 0.3) is 0 Å². The van der Waals surface area contributed by atoms with Crippen molar-refractivity contribution in [2.45, 2.75) is 13.0 Å². The first kappa shape index (κ1) is 13.9. The monoisotopic (exact) mass is 348 g/mol. The van der Waals surface area contributed by atoms with E-state index in [1.165, 1.54) is 6.92 Å². The summed E-state index contributed by atoms with van der Waals surface area (Å²) in [5.74, 6) is -1.24. The molecule has 1 aromatic carbocycles. The molecule has 92 valence electrons. The molecule has 5 nitrogen and oxygen atoms in total. The lowest BCUT2D eigenvalue weighted by Gasteiger charge is -2.10. The first-order chi connectivity index (χ1) is 8.00. The minimum atomic E-state index is -0.980. The molecule has 0 spiro atoms. The van der Waals surface area contributed by atoms with Gasteiger partial charge in [0.2, 0.25) is 5.91 Å². The van der Waals surface area contributed by atoms with Gasteiger partial charge in [0.05, 0.1) is 12.2 Å². The molecule has 0 fully saturated rings. The number of carboxylic acids is 1. The van der Waals surface area contributed by atoms with E-state index in [1.807, 2.05) is 18.2 Å². The van der Waals surface area contributed by atoms with E-state index in [0.717, 1.165) is 9.26 Å². The molecule has 0 saturated carbocycles. The number of rotatable bonds is 5. The Bertz CT molecular complexity index is 423. The quantitative estimate of drug-likeness (QED) is 0.701. The molecule has 0 aromatic heterocycles. The average Bonchev–Trinajstić information content (AvgIpc) is 2.29. The van der Waals surface area contributed by atoms with Gasteiger partial charge >= 0.3 is 5.97 Å². The zero-order valence-corrected chi connectivity index (χ0v) is 11.4. The molecule has 1 aromatic rings. The molecular weight excluding hydrogens is 335 g/mol. The molecule has 1 amide bonds. The van der Waals surface area contributed by atoms with Gasteiger partial charge in [0, 0.05) is 3.57 Å². The number of anilines is 1. The predicted octanol–water partition coefficient (Wildman–Crippen LogP) is 1.29. The summed E-state index contributed by atoms with van der Waals surface area (Å²) in [6.07, 6.45) is 0. The van der Waals surface area contributed by atoms with Gasteiger partial charge in [-0.05, 0) is 41.6 Å². The van der Waals surface area contributed by atoms with E-state index in [-0.39, 0.29) is 12.5 Å². The largest absolute Gasteiger partial charge is 0.480 e. The number of hydrogen-bond acceptors (Lipinski definition) is 3. The van der Waals surface area contributed by atoms with Gasteiger partial charge < -0.3 is 10.4 Å². The van der Waals surface area contributed by atoms with Gasteiger partial charge in [-0.25, -0.2) is 0 Å². The van der Waals surface area contributed by atoms with Crippen molar-refractivity contribution in [1.82, 2.24) is 5.32 Å². The molecule has 0 saturated heterocycles. The van der Waals surface area contributed by atoms with E-state index in [9.17, 15) is 9.59 Å². The van der Waals surface area contributed by atoms with E-state index in [0.29, 0.717) is 0 Å². The van der Waals surface area contributed by atoms with Gasteiger partial charge in [-0.15, -0.1) is 0 Å². The van der Waals surface area contributed by atoms with Crippen LogP contribution >= 0.6 is 22.6 Å². The van der Waals surface area contributed by atoms with Crippen LogP contribution in [0.3, 0.4) is 0 Å². The highest BCUT2D eigenvalue weighted by atomic mass is 127. The molecule has 6 heteroatoms. The van der Waals surface area contributed by atoms with Gasteiger partial charge in [0.1, 0.15) is 6.04 Å². The molecule has 0 aliphatic carbocycles. The van der Waals surface area contributed by atoms with Crippen molar-refractivity contribution in [2.24, 2.45) is 0 Å². The molecule has 1 atom stereocenters. The van der Waals surface area contributed by atoms with Gasteiger partial charge in [-0.2, -0.15) is 0 Å². The fourth-order valence-corrected chi connectivity index (χ4v) is 1.61. The highest BCUT2D eigenvalue weighted by molar-refractivity contribution is 14.1. The molecule has 0 heterocycles. The van der Waals surface area contributed by atoms with E-state index in [4.69, 9.17) is 5.11 Å².